The smallest absolute Gasteiger partial charge is 0.314 e. The van der Waals surface area contributed by atoms with Gasteiger partial charge in [0.15, 0.2) is 0 Å². The predicted octanol–water partition coefficient (Wildman–Crippen LogP) is -0.828. The van der Waals surface area contributed by atoms with Gasteiger partial charge in [0.05, 0.1) is 0 Å². The first-order valence-corrected chi connectivity index (χ1v) is 3.31. The van der Waals surface area contributed by atoms with Crippen molar-refractivity contribution in [1.29, 1.82) is 0 Å². The van der Waals surface area contributed by atoms with Crippen molar-refractivity contribution < 1.29 is 9.59 Å². The normalized spacial score (nSPS) is 7.33. The Kier molecular flexibility index (Phi) is 8.38. The van der Waals surface area contributed by atoms with E-state index in [9.17, 15) is 9.59 Å². The Bertz CT molecular complexity index is 138. The summed E-state index contributed by atoms with van der Waals surface area (Å²) in [5.74, 6) is 0. The number of urea groups is 2. The zero-order chi connectivity index (χ0) is 10.1. The zero-order valence-electron chi connectivity index (χ0n) is 7.84. The molecule has 6 nitrogen and oxygen atoms in total. The zero-order valence-corrected chi connectivity index (χ0v) is 7.84. The second-order valence-corrected chi connectivity index (χ2v) is 2.06. The maximum Gasteiger partial charge on any atom is 0.314 e. The highest BCUT2D eigenvalue weighted by molar-refractivity contribution is 5.72. The van der Waals surface area contributed by atoms with Crippen LogP contribution in [0.5, 0.6) is 0 Å². The van der Waals surface area contributed by atoms with Crippen LogP contribution in [0.15, 0.2) is 0 Å². The van der Waals surface area contributed by atoms with Crippen LogP contribution in [0.3, 0.4) is 0 Å². The first-order valence-electron chi connectivity index (χ1n) is 3.31. The molecule has 0 saturated heterocycles. The van der Waals surface area contributed by atoms with E-state index < -0.39 is 6.03 Å². The van der Waals surface area contributed by atoms with Gasteiger partial charge in [0.1, 0.15) is 0 Å². The molecular weight excluding hydrogens is 160 g/mol. The van der Waals surface area contributed by atoms with E-state index in [4.69, 9.17) is 5.73 Å². The molecule has 0 aliphatic rings. The van der Waals surface area contributed by atoms with Crippen molar-refractivity contribution in [2.45, 2.75) is 0 Å². The number of amides is 4. The van der Waals surface area contributed by atoms with E-state index in [2.05, 4.69) is 10.6 Å². The molecule has 0 atom stereocenters. The molecule has 0 rings (SSSR count). The molecule has 4 N–H and O–H groups in total. The van der Waals surface area contributed by atoms with E-state index in [1.165, 1.54) is 4.90 Å². The van der Waals surface area contributed by atoms with Gasteiger partial charge in [-0.1, -0.05) is 0 Å². The molecule has 0 fully saturated rings. The fourth-order valence-electron chi connectivity index (χ4n) is 0.125. The third-order valence-corrected chi connectivity index (χ3v) is 0.895. The number of nitrogens with zero attached hydrogens (tertiary/aromatic N) is 1. The van der Waals surface area contributed by atoms with Crippen molar-refractivity contribution in [2.24, 2.45) is 5.73 Å². The molecule has 0 saturated carbocycles. The summed E-state index contributed by atoms with van der Waals surface area (Å²) in [6.07, 6.45) is 0. The Balaban J connectivity index is 0. The molecule has 0 radical (unpaired) electrons. The lowest BCUT2D eigenvalue weighted by molar-refractivity contribution is 0.227. The lowest BCUT2D eigenvalue weighted by Crippen LogP contribution is -2.28. The number of hydrogen-bond donors (Lipinski definition) is 3. The Morgan fingerprint density at radius 3 is 1.42 bits per heavy atom. The molecule has 0 aromatic heterocycles. The van der Waals surface area contributed by atoms with Crippen molar-refractivity contribution in [3.8, 4) is 0 Å². The summed E-state index contributed by atoms with van der Waals surface area (Å²) >= 11 is 0. The van der Waals surface area contributed by atoms with Gasteiger partial charge in [-0.15, -0.1) is 0 Å². The predicted molar refractivity (Wildman–Crippen MR) is 46.8 cm³/mol. The minimum atomic E-state index is -0.407. The fraction of sp³-hybridized carbons (Fsp3) is 0.667. The van der Waals surface area contributed by atoms with Crippen molar-refractivity contribution in [3.63, 3.8) is 0 Å². The van der Waals surface area contributed by atoms with E-state index >= 15 is 0 Å². The molecule has 0 aliphatic carbocycles. The number of hydrogen-bond acceptors (Lipinski definition) is 2. The summed E-state index contributed by atoms with van der Waals surface area (Å²) in [5.41, 5.74) is 4.72. The second-order valence-electron chi connectivity index (χ2n) is 2.06. The van der Waals surface area contributed by atoms with Crippen LogP contribution in [0.4, 0.5) is 9.59 Å². The molecule has 72 valence electrons. The van der Waals surface area contributed by atoms with Crippen molar-refractivity contribution in [2.75, 3.05) is 28.2 Å². The van der Waals surface area contributed by atoms with Crippen LogP contribution in [-0.4, -0.2) is 45.2 Å². The Morgan fingerprint density at radius 1 is 1.17 bits per heavy atom. The molecule has 0 heterocycles. The third-order valence-electron chi connectivity index (χ3n) is 0.895. The molecule has 12 heavy (non-hydrogen) atoms. The summed E-state index contributed by atoms with van der Waals surface area (Å²) in [5, 5.41) is 4.73. The second kappa shape index (κ2) is 7.64. The minimum Gasteiger partial charge on any atom is -0.352 e. The number of rotatable bonds is 0. The molecule has 0 bridgehead atoms. The fourth-order valence-corrected chi connectivity index (χ4v) is 0.125. The lowest BCUT2D eigenvalue weighted by Gasteiger charge is -2.01. The average Bonchev–Trinajstić information content (AvgIpc) is 2.04. The lowest BCUT2D eigenvalue weighted by atomic mass is 10.9. The van der Waals surface area contributed by atoms with E-state index in [0.29, 0.717) is 0 Å². The average molecular weight is 176 g/mol. The molecule has 4 amide bonds. The van der Waals surface area contributed by atoms with Crippen molar-refractivity contribution in [1.82, 2.24) is 15.5 Å². The van der Waals surface area contributed by atoms with Gasteiger partial charge in [-0.25, -0.2) is 9.59 Å². The molecule has 0 aliphatic heterocycles. The first kappa shape index (κ1) is 13.2. The molecule has 0 unspecified atom stereocenters. The Morgan fingerprint density at radius 2 is 1.42 bits per heavy atom. The molecular formula is C6H16N4O2. The molecule has 0 aromatic rings. The maximum atomic E-state index is 9.96. The van der Waals surface area contributed by atoms with E-state index in [1.807, 2.05) is 0 Å². The quantitative estimate of drug-likeness (QED) is 0.450. The largest absolute Gasteiger partial charge is 0.352 e. The number of carbonyl (C=O) groups excluding carboxylic acids is 2. The molecule has 0 aromatic carbocycles. The van der Waals surface area contributed by atoms with Gasteiger partial charge in [0.2, 0.25) is 0 Å². The topological polar surface area (TPSA) is 87.5 Å². The van der Waals surface area contributed by atoms with Gasteiger partial charge >= 0.3 is 12.1 Å². The summed E-state index contributed by atoms with van der Waals surface area (Å²) < 4.78 is 0. The standard InChI is InChI=1S/2C3H8N2O/c1-5(2)3(4)6;1-4-3(6)5-2/h1-2H3,(H2,4,6);1-2H3,(H2,4,5,6). The van der Waals surface area contributed by atoms with Crippen LogP contribution < -0.4 is 16.4 Å². The first-order chi connectivity index (χ1) is 5.45. The SMILES string of the molecule is CN(C)C(N)=O.CNC(=O)NC. The number of nitrogens with one attached hydrogen (secondary N) is 2. The maximum absolute atomic E-state index is 9.96. The molecule has 6 heteroatoms. The van der Waals surface area contributed by atoms with Gasteiger partial charge in [-0.05, 0) is 0 Å². The number of nitrogens with two attached hydrogens (primary N) is 1. The van der Waals surface area contributed by atoms with Gasteiger partial charge in [-0.3, -0.25) is 0 Å². The Labute approximate surface area is 72.1 Å². The van der Waals surface area contributed by atoms with Crippen LogP contribution in [0.2, 0.25) is 0 Å². The highest BCUT2D eigenvalue weighted by Gasteiger charge is 1.88. The highest BCUT2D eigenvalue weighted by Crippen LogP contribution is 1.65. The van der Waals surface area contributed by atoms with Crippen molar-refractivity contribution >= 4 is 12.1 Å². The van der Waals surface area contributed by atoms with Gasteiger partial charge in [0.25, 0.3) is 0 Å². The van der Waals surface area contributed by atoms with E-state index in [1.54, 1.807) is 28.2 Å². The van der Waals surface area contributed by atoms with Crippen LogP contribution in [0, 0.1) is 0 Å². The van der Waals surface area contributed by atoms with E-state index in [-0.39, 0.29) is 6.03 Å². The summed E-state index contributed by atoms with van der Waals surface area (Å²) in [6, 6.07) is -0.565. The summed E-state index contributed by atoms with van der Waals surface area (Å²) in [4.78, 5) is 21.1. The van der Waals surface area contributed by atoms with Gasteiger partial charge in [-0.2, -0.15) is 0 Å². The van der Waals surface area contributed by atoms with Crippen LogP contribution >= 0.6 is 0 Å². The van der Waals surface area contributed by atoms with Crippen LogP contribution in [0.1, 0.15) is 0 Å². The number of carbonyl (C=O) groups is 2. The monoisotopic (exact) mass is 176 g/mol. The van der Waals surface area contributed by atoms with Crippen molar-refractivity contribution in [3.05, 3.63) is 0 Å². The molecule has 0 spiro atoms. The van der Waals surface area contributed by atoms with Crippen LogP contribution in [0.25, 0.3) is 0 Å². The van der Waals surface area contributed by atoms with Gasteiger partial charge in [0, 0.05) is 28.2 Å². The van der Waals surface area contributed by atoms with Crippen LogP contribution in [-0.2, 0) is 0 Å². The number of primary amides is 1. The highest BCUT2D eigenvalue weighted by atomic mass is 16.2. The van der Waals surface area contributed by atoms with Gasteiger partial charge < -0.3 is 21.3 Å². The summed E-state index contributed by atoms with van der Waals surface area (Å²) in [7, 11) is 6.34. The minimum absolute atomic E-state index is 0.157. The van der Waals surface area contributed by atoms with E-state index in [0.717, 1.165) is 0 Å². The Hall–Kier alpha value is -1.46. The summed E-state index contributed by atoms with van der Waals surface area (Å²) in [6.45, 7) is 0. The third kappa shape index (κ3) is 11.4.